The normalized spacial score (nSPS) is 16.8. The van der Waals surface area contributed by atoms with Gasteiger partial charge in [-0.2, -0.15) is 0 Å². The maximum Gasteiger partial charge on any atom is 0.118 e. The highest BCUT2D eigenvalue weighted by Gasteiger charge is 2.19. The van der Waals surface area contributed by atoms with E-state index in [1.165, 1.54) is 5.56 Å². The van der Waals surface area contributed by atoms with Crippen LogP contribution < -0.4 is 9.80 Å². The van der Waals surface area contributed by atoms with Crippen LogP contribution in [0.15, 0.2) is 60.7 Å². The standard InChI is InChI=1S/C19H19NO2/c1-21-18-13-8-15(9-14-18)7-11-17-12-10-16-5-3-4-6-19(16)20(17)22-2/h3-14,17H,1-2H3/b11-7+. The molecule has 1 unspecified atom stereocenters. The molecule has 1 aliphatic rings. The van der Waals surface area contributed by atoms with Gasteiger partial charge in [-0.15, -0.1) is 0 Å². The minimum atomic E-state index is 0.0713. The Kier molecular flexibility index (Phi) is 4.26. The third-order valence-corrected chi connectivity index (χ3v) is 3.72. The number of fused-ring (bicyclic) bond motifs is 1. The van der Waals surface area contributed by atoms with Gasteiger partial charge < -0.3 is 4.74 Å². The molecule has 3 rings (SSSR count). The van der Waals surface area contributed by atoms with Crippen molar-refractivity contribution in [1.82, 2.24) is 0 Å². The molecule has 22 heavy (non-hydrogen) atoms. The zero-order valence-electron chi connectivity index (χ0n) is 12.8. The van der Waals surface area contributed by atoms with Crippen LogP contribution in [0.25, 0.3) is 12.2 Å². The van der Waals surface area contributed by atoms with Gasteiger partial charge in [-0.05, 0) is 29.3 Å². The number of benzene rings is 2. The molecular weight excluding hydrogens is 274 g/mol. The molecule has 112 valence electrons. The smallest absolute Gasteiger partial charge is 0.118 e. The largest absolute Gasteiger partial charge is 0.497 e. The van der Waals surface area contributed by atoms with Crippen molar-refractivity contribution < 1.29 is 9.57 Å². The van der Waals surface area contributed by atoms with Crippen LogP contribution >= 0.6 is 0 Å². The molecule has 0 amide bonds. The number of hydroxylamine groups is 1. The predicted octanol–water partition coefficient (Wildman–Crippen LogP) is 4.17. The SMILES string of the molecule is COc1ccc(/C=C/C2C=Cc3ccccc3N2OC)cc1. The van der Waals surface area contributed by atoms with E-state index in [1.807, 2.05) is 41.5 Å². The van der Waals surface area contributed by atoms with E-state index in [0.29, 0.717) is 0 Å². The summed E-state index contributed by atoms with van der Waals surface area (Å²) in [5.41, 5.74) is 3.37. The molecule has 0 spiro atoms. The lowest BCUT2D eigenvalue weighted by molar-refractivity contribution is 0.160. The van der Waals surface area contributed by atoms with Gasteiger partial charge >= 0.3 is 0 Å². The molecule has 0 bridgehead atoms. The van der Waals surface area contributed by atoms with Gasteiger partial charge in [-0.3, -0.25) is 4.84 Å². The number of hydrogen-bond donors (Lipinski definition) is 0. The molecule has 3 heteroatoms. The summed E-state index contributed by atoms with van der Waals surface area (Å²) in [6.45, 7) is 0. The van der Waals surface area contributed by atoms with Crippen molar-refractivity contribution in [2.24, 2.45) is 0 Å². The molecule has 0 aromatic heterocycles. The molecule has 2 aromatic carbocycles. The van der Waals surface area contributed by atoms with E-state index in [1.54, 1.807) is 14.2 Å². The van der Waals surface area contributed by atoms with Gasteiger partial charge in [0, 0.05) is 0 Å². The van der Waals surface area contributed by atoms with E-state index in [-0.39, 0.29) is 6.04 Å². The Morgan fingerprint density at radius 3 is 2.50 bits per heavy atom. The fourth-order valence-electron chi connectivity index (χ4n) is 2.56. The Labute approximate surface area is 131 Å². The summed E-state index contributed by atoms with van der Waals surface area (Å²) in [4.78, 5) is 5.57. The van der Waals surface area contributed by atoms with Gasteiger partial charge in [0.25, 0.3) is 0 Å². The first-order valence-corrected chi connectivity index (χ1v) is 7.24. The lowest BCUT2D eigenvalue weighted by Crippen LogP contribution is -2.33. The minimum absolute atomic E-state index is 0.0713. The highest BCUT2D eigenvalue weighted by Crippen LogP contribution is 2.29. The summed E-state index contributed by atoms with van der Waals surface area (Å²) < 4.78 is 5.17. The number of methoxy groups -OCH3 is 1. The fraction of sp³-hybridized carbons (Fsp3) is 0.158. The van der Waals surface area contributed by atoms with Gasteiger partial charge in [-0.25, -0.2) is 5.06 Å². The molecule has 0 aliphatic carbocycles. The van der Waals surface area contributed by atoms with Gasteiger partial charge in [0.15, 0.2) is 0 Å². The first kappa shape index (κ1) is 14.4. The molecule has 0 radical (unpaired) electrons. The Balaban J connectivity index is 1.81. The topological polar surface area (TPSA) is 21.7 Å². The van der Waals surface area contributed by atoms with Gasteiger partial charge in [0.05, 0.1) is 25.9 Å². The van der Waals surface area contributed by atoms with Crippen LogP contribution in [0, 0.1) is 0 Å². The maximum atomic E-state index is 5.57. The van der Waals surface area contributed by atoms with E-state index < -0.39 is 0 Å². The van der Waals surface area contributed by atoms with Gasteiger partial charge in [0.1, 0.15) is 5.75 Å². The molecule has 1 aliphatic heterocycles. The fourth-order valence-corrected chi connectivity index (χ4v) is 2.56. The number of para-hydroxylation sites is 1. The summed E-state index contributed by atoms with van der Waals surface area (Å²) in [7, 11) is 3.37. The van der Waals surface area contributed by atoms with Crippen LogP contribution in [0.1, 0.15) is 11.1 Å². The number of hydrogen-bond acceptors (Lipinski definition) is 3. The van der Waals surface area contributed by atoms with Crippen molar-refractivity contribution in [3.8, 4) is 5.75 Å². The Bertz CT molecular complexity index is 689. The molecule has 0 saturated carbocycles. The number of nitrogens with zero attached hydrogens (tertiary/aromatic N) is 1. The second kappa shape index (κ2) is 6.50. The summed E-state index contributed by atoms with van der Waals surface area (Å²) in [5.74, 6) is 0.863. The van der Waals surface area contributed by atoms with Crippen LogP contribution in [-0.2, 0) is 4.84 Å². The van der Waals surface area contributed by atoms with Crippen molar-refractivity contribution in [2.45, 2.75) is 6.04 Å². The number of rotatable bonds is 4. The highest BCUT2D eigenvalue weighted by molar-refractivity contribution is 5.72. The van der Waals surface area contributed by atoms with Crippen LogP contribution in [0.2, 0.25) is 0 Å². The van der Waals surface area contributed by atoms with E-state index in [0.717, 1.165) is 17.0 Å². The van der Waals surface area contributed by atoms with Crippen LogP contribution in [0.5, 0.6) is 5.75 Å². The first-order valence-electron chi connectivity index (χ1n) is 7.24. The molecule has 0 fully saturated rings. The Morgan fingerprint density at radius 2 is 1.77 bits per heavy atom. The number of ether oxygens (including phenoxy) is 1. The molecule has 2 aromatic rings. The summed E-state index contributed by atoms with van der Waals surface area (Å²) >= 11 is 0. The zero-order valence-corrected chi connectivity index (χ0v) is 12.8. The molecule has 1 heterocycles. The van der Waals surface area contributed by atoms with E-state index in [9.17, 15) is 0 Å². The van der Waals surface area contributed by atoms with Crippen LogP contribution in [-0.4, -0.2) is 20.3 Å². The summed E-state index contributed by atoms with van der Waals surface area (Å²) in [6, 6.07) is 16.3. The third-order valence-electron chi connectivity index (χ3n) is 3.72. The average Bonchev–Trinajstić information content (AvgIpc) is 2.59. The van der Waals surface area contributed by atoms with Crippen molar-refractivity contribution >= 4 is 17.8 Å². The van der Waals surface area contributed by atoms with Crippen molar-refractivity contribution in [3.63, 3.8) is 0 Å². The molecule has 3 nitrogen and oxygen atoms in total. The highest BCUT2D eigenvalue weighted by atomic mass is 16.7. The van der Waals surface area contributed by atoms with Crippen molar-refractivity contribution in [2.75, 3.05) is 19.3 Å². The van der Waals surface area contributed by atoms with Gasteiger partial charge in [0.2, 0.25) is 0 Å². The molecule has 1 atom stereocenters. The second-order valence-electron chi connectivity index (χ2n) is 5.05. The first-order chi connectivity index (χ1) is 10.8. The monoisotopic (exact) mass is 293 g/mol. The molecule has 0 saturated heterocycles. The second-order valence-corrected chi connectivity index (χ2v) is 5.05. The number of anilines is 1. The summed E-state index contributed by atoms with van der Waals surface area (Å²) in [6.07, 6.45) is 8.48. The summed E-state index contributed by atoms with van der Waals surface area (Å²) in [5, 5.41) is 1.91. The molecular formula is C19H19NO2. The van der Waals surface area contributed by atoms with Crippen LogP contribution in [0.3, 0.4) is 0 Å². The maximum absolute atomic E-state index is 5.57. The Hall–Kier alpha value is -2.52. The van der Waals surface area contributed by atoms with E-state index in [4.69, 9.17) is 9.57 Å². The minimum Gasteiger partial charge on any atom is -0.497 e. The molecule has 0 N–H and O–H groups in total. The van der Waals surface area contributed by atoms with Crippen LogP contribution in [0.4, 0.5) is 5.69 Å². The quantitative estimate of drug-likeness (QED) is 0.844. The van der Waals surface area contributed by atoms with Gasteiger partial charge in [-0.1, -0.05) is 54.6 Å². The lowest BCUT2D eigenvalue weighted by Gasteiger charge is -2.31. The third kappa shape index (κ3) is 2.90. The predicted molar refractivity (Wildman–Crippen MR) is 90.8 cm³/mol. The van der Waals surface area contributed by atoms with Crippen molar-refractivity contribution in [1.29, 1.82) is 0 Å². The van der Waals surface area contributed by atoms with E-state index >= 15 is 0 Å². The zero-order chi connectivity index (χ0) is 15.4. The average molecular weight is 293 g/mol. The van der Waals surface area contributed by atoms with Crippen molar-refractivity contribution in [3.05, 3.63) is 71.8 Å². The Morgan fingerprint density at radius 1 is 1.00 bits per heavy atom. The lowest BCUT2D eigenvalue weighted by atomic mass is 10.0. The van der Waals surface area contributed by atoms with E-state index in [2.05, 4.69) is 36.4 Å².